The zero-order valence-corrected chi connectivity index (χ0v) is 13.7. The predicted molar refractivity (Wildman–Crippen MR) is 88.5 cm³/mol. The summed E-state index contributed by atoms with van der Waals surface area (Å²) >= 11 is 0. The minimum atomic E-state index is 0.181. The fourth-order valence-corrected chi connectivity index (χ4v) is 3.17. The summed E-state index contributed by atoms with van der Waals surface area (Å²) in [4.78, 5) is 18.7. The van der Waals surface area contributed by atoms with E-state index in [1.54, 1.807) is 13.3 Å². The van der Waals surface area contributed by atoms with E-state index in [2.05, 4.69) is 9.55 Å². The van der Waals surface area contributed by atoms with Crippen LogP contribution in [-0.2, 0) is 11.2 Å². The molecule has 0 saturated carbocycles. The molecule has 0 radical (unpaired) electrons. The van der Waals surface area contributed by atoms with Gasteiger partial charge >= 0.3 is 0 Å². The average molecular weight is 313 g/mol. The van der Waals surface area contributed by atoms with Crippen LogP contribution in [0, 0.1) is 6.92 Å². The normalized spacial score (nSPS) is 18.0. The molecule has 0 aliphatic carbocycles. The molecule has 1 aromatic heterocycles. The van der Waals surface area contributed by atoms with Crippen molar-refractivity contribution < 1.29 is 9.53 Å². The molecule has 1 aromatic carbocycles. The van der Waals surface area contributed by atoms with E-state index in [1.807, 2.05) is 42.5 Å². The summed E-state index contributed by atoms with van der Waals surface area (Å²) in [5.41, 5.74) is 2.09. The van der Waals surface area contributed by atoms with Crippen LogP contribution in [0.3, 0.4) is 0 Å². The van der Waals surface area contributed by atoms with E-state index in [1.165, 1.54) is 0 Å². The van der Waals surface area contributed by atoms with E-state index in [-0.39, 0.29) is 5.91 Å². The van der Waals surface area contributed by atoms with Gasteiger partial charge in [0.05, 0.1) is 25.9 Å². The highest BCUT2D eigenvalue weighted by Crippen LogP contribution is 2.23. The summed E-state index contributed by atoms with van der Waals surface area (Å²) < 4.78 is 7.45. The third kappa shape index (κ3) is 3.55. The number of carbonyl (C=O) groups excluding carboxylic acids is 1. The summed E-state index contributed by atoms with van der Waals surface area (Å²) in [6.45, 7) is 3.61. The van der Waals surface area contributed by atoms with Crippen molar-refractivity contribution in [3.63, 3.8) is 0 Å². The second-order valence-corrected chi connectivity index (χ2v) is 6.13. The maximum atomic E-state index is 12.6. The number of hydrogen-bond donors (Lipinski definition) is 0. The lowest BCUT2D eigenvalue weighted by Crippen LogP contribution is -2.41. The third-order valence-electron chi connectivity index (χ3n) is 4.52. The largest absolute Gasteiger partial charge is 0.496 e. The smallest absolute Gasteiger partial charge is 0.227 e. The van der Waals surface area contributed by atoms with E-state index < -0.39 is 0 Å². The topological polar surface area (TPSA) is 47.4 Å². The fourth-order valence-electron chi connectivity index (χ4n) is 3.17. The lowest BCUT2D eigenvalue weighted by Gasteiger charge is -2.33. The van der Waals surface area contributed by atoms with Crippen molar-refractivity contribution in [2.75, 3.05) is 20.2 Å². The van der Waals surface area contributed by atoms with E-state index in [0.717, 1.165) is 42.8 Å². The molecule has 1 atom stereocenters. The Morgan fingerprint density at radius 1 is 1.43 bits per heavy atom. The summed E-state index contributed by atoms with van der Waals surface area (Å²) in [5.74, 6) is 1.02. The van der Waals surface area contributed by atoms with E-state index >= 15 is 0 Å². The Morgan fingerprint density at radius 2 is 2.30 bits per heavy atom. The molecule has 5 nitrogen and oxygen atoms in total. The fraction of sp³-hybridized carbons (Fsp3) is 0.444. The molecular weight excluding hydrogens is 290 g/mol. The Kier molecular flexibility index (Phi) is 4.65. The Labute approximate surface area is 136 Å². The maximum absolute atomic E-state index is 12.6. The van der Waals surface area contributed by atoms with Crippen molar-refractivity contribution in [2.24, 2.45) is 0 Å². The van der Waals surface area contributed by atoms with Gasteiger partial charge in [-0.05, 0) is 37.0 Å². The maximum Gasteiger partial charge on any atom is 0.227 e. The second-order valence-electron chi connectivity index (χ2n) is 6.13. The number of benzene rings is 1. The average Bonchev–Trinajstić information content (AvgIpc) is 3.11. The van der Waals surface area contributed by atoms with E-state index in [0.29, 0.717) is 12.5 Å². The SMILES string of the molecule is COc1cc(CC(=O)N2CCCC(n3ccnc3)C2)ccc1C. The van der Waals surface area contributed by atoms with Crippen molar-refractivity contribution in [3.05, 3.63) is 48.0 Å². The van der Waals surface area contributed by atoms with Crippen molar-refractivity contribution in [1.82, 2.24) is 14.5 Å². The van der Waals surface area contributed by atoms with Gasteiger partial charge in [0.1, 0.15) is 5.75 Å². The summed E-state index contributed by atoms with van der Waals surface area (Å²) in [7, 11) is 1.66. The van der Waals surface area contributed by atoms with Crippen molar-refractivity contribution >= 4 is 5.91 Å². The zero-order chi connectivity index (χ0) is 16.2. The number of aromatic nitrogens is 2. The van der Waals surface area contributed by atoms with Crippen LogP contribution in [0.2, 0.25) is 0 Å². The van der Waals surface area contributed by atoms with Crippen LogP contribution in [0.4, 0.5) is 0 Å². The minimum absolute atomic E-state index is 0.181. The number of carbonyl (C=O) groups is 1. The molecule has 1 amide bonds. The van der Waals surface area contributed by atoms with Crippen LogP contribution >= 0.6 is 0 Å². The van der Waals surface area contributed by atoms with Gasteiger partial charge < -0.3 is 14.2 Å². The molecule has 1 saturated heterocycles. The molecule has 1 fully saturated rings. The Morgan fingerprint density at radius 3 is 3.04 bits per heavy atom. The highest BCUT2D eigenvalue weighted by Gasteiger charge is 2.24. The van der Waals surface area contributed by atoms with Crippen molar-refractivity contribution in [2.45, 2.75) is 32.2 Å². The Hall–Kier alpha value is -2.30. The van der Waals surface area contributed by atoms with E-state index in [4.69, 9.17) is 4.74 Å². The first-order chi connectivity index (χ1) is 11.2. The van der Waals surface area contributed by atoms with Crippen LogP contribution in [0.1, 0.15) is 30.0 Å². The first kappa shape index (κ1) is 15.6. The molecule has 23 heavy (non-hydrogen) atoms. The molecular formula is C18H23N3O2. The molecule has 1 aliphatic heterocycles. The quantitative estimate of drug-likeness (QED) is 0.872. The number of ether oxygens (including phenoxy) is 1. The molecule has 1 aliphatic rings. The van der Waals surface area contributed by atoms with Crippen LogP contribution < -0.4 is 4.74 Å². The van der Waals surface area contributed by atoms with Gasteiger partial charge in [-0.15, -0.1) is 0 Å². The first-order valence-electron chi connectivity index (χ1n) is 8.06. The van der Waals surface area contributed by atoms with Gasteiger partial charge in [0.2, 0.25) is 5.91 Å². The predicted octanol–water partition coefficient (Wildman–Crippen LogP) is 2.61. The molecule has 122 valence electrons. The number of nitrogens with zero attached hydrogens (tertiary/aromatic N) is 3. The van der Waals surface area contributed by atoms with Gasteiger partial charge in [0.25, 0.3) is 0 Å². The number of aryl methyl sites for hydroxylation is 1. The Balaban J connectivity index is 1.66. The summed E-state index contributed by atoms with van der Waals surface area (Å²) in [5, 5.41) is 0. The molecule has 2 heterocycles. The summed E-state index contributed by atoms with van der Waals surface area (Å²) in [6, 6.07) is 6.31. The lowest BCUT2D eigenvalue weighted by atomic mass is 10.0. The molecule has 2 aromatic rings. The Bertz CT molecular complexity index is 667. The number of likely N-dealkylation sites (tertiary alicyclic amines) is 1. The molecule has 5 heteroatoms. The number of methoxy groups -OCH3 is 1. The number of amides is 1. The van der Waals surface area contributed by atoms with Crippen LogP contribution in [-0.4, -0.2) is 40.6 Å². The van der Waals surface area contributed by atoms with Gasteiger partial charge in [0, 0.05) is 25.5 Å². The zero-order valence-electron chi connectivity index (χ0n) is 13.7. The molecule has 0 spiro atoms. The third-order valence-corrected chi connectivity index (χ3v) is 4.52. The number of hydrogen-bond acceptors (Lipinski definition) is 3. The monoisotopic (exact) mass is 313 g/mol. The molecule has 0 N–H and O–H groups in total. The molecule has 3 rings (SSSR count). The number of piperidine rings is 1. The lowest BCUT2D eigenvalue weighted by molar-refractivity contribution is -0.132. The van der Waals surface area contributed by atoms with Crippen molar-refractivity contribution in [3.8, 4) is 5.75 Å². The van der Waals surface area contributed by atoms with Crippen LogP contribution in [0.25, 0.3) is 0 Å². The minimum Gasteiger partial charge on any atom is -0.496 e. The van der Waals surface area contributed by atoms with Gasteiger partial charge in [0.15, 0.2) is 0 Å². The van der Waals surface area contributed by atoms with Gasteiger partial charge in [-0.3, -0.25) is 4.79 Å². The molecule has 0 bridgehead atoms. The van der Waals surface area contributed by atoms with Crippen molar-refractivity contribution in [1.29, 1.82) is 0 Å². The highest BCUT2D eigenvalue weighted by atomic mass is 16.5. The number of rotatable bonds is 4. The van der Waals surface area contributed by atoms with Gasteiger partial charge in [-0.2, -0.15) is 0 Å². The van der Waals surface area contributed by atoms with Gasteiger partial charge in [-0.25, -0.2) is 4.98 Å². The highest BCUT2D eigenvalue weighted by molar-refractivity contribution is 5.79. The van der Waals surface area contributed by atoms with Gasteiger partial charge in [-0.1, -0.05) is 12.1 Å². The van der Waals surface area contributed by atoms with E-state index in [9.17, 15) is 4.79 Å². The second kappa shape index (κ2) is 6.86. The summed E-state index contributed by atoms with van der Waals surface area (Å²) in [6.07, 6.45) is 8.16. The van der Waals surface area contributed by atoms with Crippen LogP contribution in [0.5, 0.6) is 5.75 Å². The number of imidazole rings is 1. The molecule has 1 unspecified atom stereocenters. The van der Waals surface area contributed by atoms with Crippen LogP contribution in [0.15, 0.2) is 36.9 Å². The standard InChI is InChI=1S/C18H23N3O2/c1-14-5-6-15(10-17(14)23-2)11-18(22)20-8-3-4-16(12-20)21-9-7-19-13-21/h5-7,9-10,13,16H,3-4,8,11-12H2,1-2H3. The first-order valence-corrected chi connectivity index (χ1v) is 8.06.